The van der Waals surface area contributed by atoms with E-state index in [1.54, 1.807) is 0 Å². The van der Waals surface area contributed by atoms with Crippen molar-refractivity contribution in [3.05, 3.63) is 29.8 Å². The average Bonchev–Trinajstić information content (AvgIpc) is 2.37. The van der Waals surface area contributed by atoms with Crippen LogP contribution in [0.25, 0.3) is 0 Å². The predicted molar refractivity (Wildman–Crippen MR) is 69.6 cm³/mol. The maximum atomic E-state index is 13.2. The lowest BCUT2D eigenvalue weighted by Gasteiger charge is -2.36. The van der Waals surface area contributed by atoms with Crippen molar-refractivity contribution in [2.24, 2.45) is 0 Å². The summed E-state index contributed by atoms with van der Waals surface area (Å²) in [7, 11) is -4.01. The van der Waals surface area contributed by atoms with E-state index in [1.165, 1.54) is 6.92 Å². The molecule has 0 bridgehead atoms. The Hall–Kier alpha value is -1.05. The van der Waals surface area contributed by atoms with Crippen LogP contribution in [0.1, 0.15) is 26.2 Å². The maximum Gasteiger partial charge on any atom is 0.243 e. The fourth-order valence-electron chi connectivity index (χ4n) is 2.52. The molecular weight excluding hydrogens is 288 g/mol. The molecule has 1 aliphatic rings. The zero-order valence-corrected chi connectivity index (χ0v) is 11.9. The van der Waals surface area contributed by atoms with Gasteiger partial charge in [0.15, 0.2) is 0 Å². The van der Waals surface area contributed by atoms with Gasteiger partial charge in [-0.2, -0.15) is 4.31 Å². The van der Waals surface area contributed by atoms with Crippen LogP contribution in [0.4, 0.5) is 8.78 Å². The topological polar surface area (TPSA) is 57.6 Å². The number of aliphatic hydroxyl groups excluding tert-OH is 1. The number of hydrogen-bond donors (Lipinski definition) is 1. The second kappa shape index (κ2) is 5.75. The minimum atomic E-state index is -4.01. The molecule has 1 aliphatic heterocycles. The number of sulfonamides is 1. The van der Waals surface area contributed by atoms with Crippen LogP contribution in [0.5, 0.6) is 0 Å². The lowest BCUT2D eigenvalue weighted by Crippen LogP contribution is -2.48. The third-order valence-electron chi connectivity index (χ3n) is 3.50. The molecule has 1 aromatic rings. The summed E-state index contributed by atoms with van der Waals surface area (Å²) in [5, 5.41) is 9.71. The Balaban J connectivity index is 2.42. The molecule has 0 spiro atoms. The number of halogens is 2. The minimum Gasteiger partial charge on any atom is -0.392 e. The van der Waals surface area contributed by atoms with Crippen molar-refractivity contribution in [1.82, 2.24) is 4.31 Å². The Kier molecular flexibility index (Phi) is 4.41. The van der Waals surface area contributed by atoms with E-state index in [2.05, 4.69) is 0 Å². The monoisotopic (exact) mass is 305 g/mol. The molecule has 0 aliphatic carbocycles. The smallest absolute Gasteiger partial charge is 0.243 e. The molecule has 1 saturated heterocycles. The molecule has 2 unspecified atom stereocenters. The second-order valence-corrected chi connectivity index (χ2v) is 6.92. The van der Waals surface area contributed by atoms with Crippen LogP contribution in [0.2, 0.25) is 0 Å². The van der Waals surface area contributed by atoms with Gasteiger partial charge in [-0.15, -0.1) is 0 Å². The summed E-state index contributed by atoms with van der Waals surface area (Å²) in [6, 6.07) is 1.67. The fourth-order valence-corrected chi connectivity index (χ4v) is 4.33. The molecule has 4 nitrogen and oxygen atoms in total. The molecule has 1 fully saturated rings. The Morgan fingerprint density at radius 3 is 2.40 bits per heavy atom. The van der Waals surface area contributed by atoms with Crippen LogP contribution in [0, 0.1) is 11.6 Å². The first-order valence-electron chi connectivity index (χ1n) is 6.48. The number of nitrogens with zero attached hydrogens (tertiary/aromatic N) is 1. The van der Waals surface area contributed by atoms with Gasteiger partial charge in [-0.1, -0.05) is 6.42 Å². The van der Waals surface area contributed by atoms with Gasteiger partial charge in [-0.05, 0) is 31.9 Å². The van der Waals surface area contributed by atoms with Crippen molar-refractivity contribution in [1.29, 1.82) is 0 Å². The lowest BCUT2D eigenvalue weighted by molar-refractivity contribution is 0.0831. The van der Waals surface area contributed by atoms with Gasteiger partial charge in [0.05, 0.1) is 17.0 Å². The van der Waals surface area contributed by atoms with Crippen molar-refractivity contribution in [3.8, 4) is 0 Å². The number of rotatable bonds is 3. The quantitative estimate of drug-likeness (QED) is 0.928. The predicted octanol–water partition coefficient (Wildman–Crippen LogP) is 1.89. The molecule has 2 rings (SSSR count). The Morgan fingerprint density at radius 1 is 1.25 bits per heavy atom. The van der Waals surface area contributed by atoms with Gasteiger partial charge in [0.25, 0.3) is 0 Å². The van der Waals surface area contributed by atoms with Crippen LogP contribution >= 0.6 is 0 Å². The Morgan fingerprint density at radius 2 is 1.85 bits per heavy atom. The van der Waals surface area contributed by atoms with Crippen molar-refractivity contribution in [2.45, 2.75) is 43.2 Å². The van der Waals surface area contributed by atoms with Crippen molar-refractivity contribution >= 4 is 10.0 Å². The maximum absolute atomic E-state index is 13.2. The van der Waals surface area contributed by atoms with E-state index < -0.39 is 38.7 Å². The normalized spacial score (nSPS) is 22.7. The molecule has 7 heteroatoms. The van der Waals surface area contributed by atoms with E-state index in [-0.39, 0.29) is 6.54 Å². The van der Waals surface area contributed by atoms with Gasteiger partial charge in [-0.3, -0.25) is 0 Å². The first-order valence-corrected chi connectivity index (χ1v) is 7.92. The molecule has 0 radical (unpaired) electrons. The van der Waals surface area contributed by atoms with Crippen LogP contribution in [0.15, 0.2) is 23.1 Å². The summed E-state index contributed by atoms with van der Waals surface area (Å²) in [5.41, 5.74) is 0. The summed E-state index contributed by atoms with van der Waals surface area (Å²) in [5.74, 6) is -1.87. The molecule has 0 saturated carbocycles. The van der Waals surface area contributed by atoms with E-state index in [0.29, 0.717) is 18.9 Å². The highest BCUT2D eigenvalue weighted by Gasteiger charge is 2.36. The van der Waals surface area contributed by atoms with E-state index in [1.807, 2.05) is 0 Å². The largest absolute Gasteiger partial charge is 0.392 e. The molecule has 2 atom stereocenters. The molecule has 0 amide bonds. The summed E-state index contributed by atoms with van der Waals surface area (Å²) in [6.45, 7) is 1.76. The number of hydrogen-bond acceptors (Lipinski definition) is 3. The summed E-state index contributed by atoms with van der Waals surface area (Å²) < 4.78 is 52.5. The van der Waals surface area contributed by atoms with Gasteiger partial charge >= 0.3 is 0 Å². The van der Waals surface area contributed by atoms with E-state index in [9.17, 15) is 22.3 Å². The van der Waals surface area contributed by atoms with E-state index in [0.717, 1.165) is 22.9 Å². The molecule has 1 heterocycles. The number of benzene rings is 1. The molecule has 1 aromatic carbocycles. The summed E-state index contributed by atoms with van der Waals surface area (Å²) in [4.78, 5) is -0.414. The second-order valence-electron chi connectivity index (χ2n) is 5.02. The first-order chi connectivity index (χ1) is 9.32. The zero-order valence-electron chi connectivity index (χ0n) is 11.1. The van der Waals surface area contributed by atoms with Gasteiger partial charge in [0.2, 0.25) is 10.0 Å². The Bertz CT molecular complexity index is 569. The highest BCUT2D eigenvalue weighted by molar-refractivity contribution is 7.89. The van der Waals surface area contributed by atoms with Crippen molar-refractivity contribution in [2.75, 3.05) is 6.54 Å². The third-order valence-corrected chi connectivity index (χ3v) is 5.40. The van der Waals surface area contributed by atoms with Gasteiger partial charge < -0.3 is 5.11 Å². The lowest BCUT2D eigenvalue weighted by atomic mass is 10.0. The summed E-state index contributed by atoms with van der Waals surface area (Å²) >= 11 is 0. The van der Waals surface area contributed by atoms with Gasteiger partial charge in [0.1, 0.15) is 11.6 Å². The standard InChI is InChI=1S/C13H17F2NO3S/c1-9(17)13-4-2-3-5-16(13)20(18,19)12-7-10(14)6-11(15)8-12/h6-9,13,17H,2-5H2,1H3. The van der Waals surface area contributed by atoms with Crippen LogP contribution < -0.4 is 0 Å². The van der Waals surface area contributed by atoms with Crippen LogP contribution in [-0.4, -0.2) is 36.5 Å². The molecule has 0 aromatic heterocycles. The zero-order chi connectivity index (χ0) is 14.9. The van der Waals surface area contributed by atoms with Crippen LogP contribution in [0.3, 0.4) is 0 Å². The molecular formula is C13H17F2NO3S. The Labute approximate surface area is 117 Å². The fraction of sp³-hybridized carbons (Fsp3) is 0.538. The molecule has 1 N–H and O–H groups in total. The number of aliphatic hydroxyl groups is 1. The first kappa shape index (κ1) is 15.3. The van der Waals surface area contributed by atoms with Crippen LogP contribution in [-0.2, 0) is 10.0 Å². The van der Waals surface area contributed by atoms with Crippen molar-refractivity contribution in [3.63, 3.8) is 0 Å². The highest BCUT2D eigenvalue weighted by Crippen LogP contribution is 2.27. The molecule has 20 heavy (non-hydrogen) atoms. The van der Waals surface area contributed by atoms with Gasteiger partial charge in [0, 0.05) is 12.6 Å². The minimum absolute atomic E-state index is 0.246. The SMILES string of the molecule is CC(O)C1CCCCN1S(=O)(=O)c1cc(F)cc(F)c1. The summed E-state index contributed by atoms with van der Waals surface area (Å²) in [6.07, 6.45) is 1.19. The van der Waals surface area contributed by atoms with Crippen molar-refractivity contribution < 1.29 is 22.3 Å². The third kappa shape index (κ3) is 2.99. The van der Waals surface area contributed by atoms with E-state index >= 15 is 0 Å². The van der Waals surface area contributed by atoms with Gasteiger partial charge in [-0.25, -0.2) is 17.2 Å². The average molecular weight is 305 g/mol. The number of piperidine rings is 1. The highest BCUT2D eigenvalue weighted by atomic mass is 32.2. The molecule has 112 valence electrons. The van der Waals surface area contributed by atoms with E-state index in [4.69, 9.17) is 0 Å².